The summed E-state index contributed by atoms with van der Waals surface area (Å²) in [6, 6.07) is 16.0. The molecule has 10 heteroatoms. The number of aryl methyl sites for hydroxylation is 1. The van der Waals surface area contributed by atoms with Crippen LogP contribution in [0.15, 0.2) is 59.6 Å². The molecule has 33 heavy (non-hydrogen) atoms. The molecule has 2 heterocycles. The number of rotatable bonds is 9. The number of hydrogen-bond donors (Lipinski definition) is 2. The third kappa shape index (κ3) is 4.74. The van der Waals surface area contributed by atoms with Gasteiger partial charge >= 0.3 is 0 Å². The Morgan fingerprint density at radius 2 is 1.48 bits per heavy atom. The smallest absolute Gasteiger partial charge is 0.263 e. The van der Waals surface area contributed by atoms with Crippen LogP contribution in [0.1, 0.15) is 16.8 Å². The zero-order valence-electron chi connectivity index (χ0n) is 18.9. The lowest BCUT2D eigenvalue weighted by molar-refractivity contribution is -0.0217. The van der Waals surface area contributed by atoms with Crippen LogP contribution in [0.25, 0.3) is 0 Å². The molecule has 1 aliphatic rings. The molecule has 0 unspecified atom stereocenters. The lowest BCUT2D eigenvalue weighted by Gasteiger charge is -2.37. The van der Waals surface area contributed by atoms with Gasteiger partial charge in [0.15, 0.2) is 5.03 Å². The minimum atomic E-state index is -3.97. The van der Waals surface area contributed by atoms with Crippen LogP contribution in [-0.4, -0.2) is 54.9 Å². The molecule has 1 saturated heterocycles. The molecule has 0 atom stereocenters. The zero-order chi connectivity index (χ0) is 23.6. The van der Waals surface area contributed by atoms with E-state index < -0.39 is 15.6 Å². The van der Waals surface area contributed by atoms with Crippen LogP contribution >= 0.6 is 0 Å². The van der Waals surface area contributed by atoms with Crippen LogP contribution in [-0.2, 0) is 35.8 Å². The van der Waals surface area contributed by atoms with E-state index in [0.717, 1.165) is 11.1 Å². The van der Waals surface area contributed by atoms with E-state index in [0.29, 0.717) is 30.3 Å². The van der Waals surface area contributed by atoms with Crippen molar-refractivity contribution in [2.24, 2.45) is 7.05 Å². The summed E-state index contributed by atoms with van der Waals surface area (Å²) in [5.41, 5.74) is 0.970. The van der Waals surface area contributed by atoms with Gasteiger partial charge in [-0.2, -0.15) is 9.40 Å². The Balaban J connectivity index is 1.67. The van der Waals surface area contributed by atoms with Gasteiger partial charge in [0.05, 0.1) is 19.9 Å². The first-order chi connectivity index (χ1) is 15.7. The Kier molecular flexibility index (Phi) is 6.44. The van der Waals surface area contributed by atoms with E-state index in [1.807, 2.05) is 24.3 Å². The number of aliphatic hydroxyl groups is 1. The van der Waals surface area contributed by atoms with Crippen molar-refractivity contribution >= 4 is 10.0 Å². The molecule has 2 N–H and O–H groups in total. The highest BCUT2D eigenvalue weighted by Crippen LogP contribution is 2.29. The first kappa shape index (κ1) is 23.2. The van der Waals surface area contributed by atoms with Crippen LogP contribution in [0.5, 0.6) is 11.5 Å². The number of ether oxygens (including phenoxy) is 2. The van der Waals surface area contributed by atoms with Gasteiger partial charge in [0, 0.05) is 39.3 Å². The van der Waals surface area contributed by atoms with E-state index in [-0.39, 0.29) is 18.1 Å². The summed E-state index contributed by atoms with van der Waals surface area (Å²) in [4.78, 5) is 0. The Hall–Kier alpha value is -2.92. The molecule has 9 nitrogen and oxygen atoms in total. The highest BCUT2D eigenvalue weighted by Gasteiger charge is 2.41. The summed E-state index contributed by atoms with van der Waals surface area (Å²) >= 11 is 0. The number of hydrogen-bond acceptors (Lipinski definition) is 7. The van der Waals surface area contributed by atoms with E-state index >= 15 is 0 Å². The summed E-state index contributed by atoms with van der Waals surface area (Å²) < 4.78 is 40.6. The molecular weight excluding hydrogens is 444 g/mol. The maximum atomic E-state index is 13.7. The van der Waals surface area contributed by atoms with E-state index in [4.69, 9.17) is 9.47 Å². The van der Waals surface area contributed by atoms with Crippen LogP contribution in [0.3, 0.4) is 0 Å². The molecule has 1 fully saturated rings. The summed E-state index contributed by atoms with van der Waals surface area (Å²) in [6.45, 7) is 1.01. The minimum absolute atomic E-state index is 0.0950. The Morgan fingerprint density at radius 3 is 1.88 bits per heavy atom. The fourth-order valence-corrected chi connectivity index (χ4v) is 5.16. The molecular formula is C23H28N4O5S. The summed E-state index contributed by atoms with van der Waals surface area (Å²) in [7, 11) is 0.839. The van der Waals surface area contributed by atoms with Gasteiger partial charge in [-0.05, 0) is 35.4 Å². The van der Waals surface area contributed by atoms with Crippen LogP contribution in [0.4, 0.5) is 0 Å². The van der Waals surface area contributed by atoms with Gasteiger partial charge in [0.25, 0.3) is 10.0 Å². The van der Waals surface area contributed by atoms with E-state index in [1.165, 1.54) is 15.1 Å². The van der Waals surface area contributed by atoms with Crippen molar-refractivity contribution in [3.8, 4) is 11.5 Å². The lowest BCUT2D eigenvalue weighted by atomic mass is 9.93. The Morgan fingerprint density at radius 1 is 1.00 bits per heavy atom. The molecule has 0 spiro atoms. The molecule has 0 bridgehead atoms. The first-order valence-corrected chi connectivity index (χ1v) is 11.9. The maximum Gasteiger partial charge on any atom is 0.263 e. The van der Waals surface area contributed by atoms with Crippen molar-refractivity contribution in [2.75, 3.05) is 27.3 Å². The summed E-state index contributed by atoms with van der Waals surface area (Å²) in [5, 5.41) is 17.9. The predicted octanol–water partition coefficient (Wildman–Crippen LogP) is 1.62. The molecule has 4 rings (SSSR count). The standard InChI is InChI=1S/C23H28N4O5S/c1-26-21(23(28)15-24-16-23)12-22(25-26)33(29,30)27(13-17-4-8-19(31-2)9-5-17)14-18-6-10-20(32-3)11-7-18/h4-12,24,28H,13-16H2,1-3H3. The van der Waals surface area contributed by atoms with Crippen LogP contribution in [0, 0.1) is 0 Å². The molecule has 1 aromatic heterocycles. The zero-order valence-corrected chi connectivity index (χ0v) is 19.7. The average Bonchev–Trinajstić information content (AvgIpc) is 3.20. The second kappa shape index (κ2) is 9.14. The molecule has 0 amide bonds. The van der Waals surface area contributed by atoms with E-state index in [1.54, 1.807) is 45.5 Å². The minimum Gasteiger partial charge on any atom is -0.497 e. The number of β-amino-alcohol motifs (C(OH)–C–C–N with tert-alkyl or cyclic N) is 1. The third-order valence-corrected chi connectivity index (χ3v) is 7.48. The SMILES string of the molecule is COc1ccc(CN(Cc2ccc(OC)cc2)S(=O)(=O)c2cc(C3(O)CNC3)n(C)n2)cc1. The third-order valence-electron chi connectivity index (χ3n) is 5.81. The first-order valence-electron chi connectivity index (χ1n) is 10.5. The Labute approximate surface area is 193 Å². The van der Waals surface area contributed by atoms with Gasteiger partial charge in [0.2, 0.25) is 0 Å². The van der Waals surface area contributed by atoms with Crippen molar-refractivity contribution < 1.29 is 23.0 Å². The van der Waals surface area contributed by atoms with Crippen molar-refractivity contribution in [3.63, 3.8) is 0 Å². The van der Waals surface area contributed by atoms with Gasteiger partial charge in [-0.15, -0.1) is 0 Å². The van der Waals surface area contributed by atoms with E-state index in [9.17, 15) is 13.5 Å². The van der Waals surface area contributed by atoms with Gasteiger partial charge < -0.3 is 19.9 Å². The predicted molar refractivity (Wildman–Crippen MR) is 122 cm³/mol. The highest BCUT2D eigenvalue weighted by molar-refractivity contribution is 7.89. The fraction of sp³-hybridized carbons (Fsp3) is 0.348. The van der Waals surface area contributed by atoms with Gasteiger partial charge in [0.1, 0.15) is 17.1 Å². The maximum absolute atomic E-state index is 13.7. The molecule has 176 valence electrons. The highest BCUT2D eigenvalue weighted by atomic mass is 32.2. The molecule has 0 saturated carbocycles. The monoisotopic (exact) mass is 472 g/mol. The van der Waals surface area contributed by atoms with Crippen LogP contribution in [0.2, 0.25) is 0 Å². The average molecular weight is 473 g/mol. The second-order valence-electron chi connectivity index (χ2n) is 8.10. The normalized spacial score (nSPS) is 15.3. The van der Waals surface area contributed by atoms with Gasteiger partial charge in [-0.25, -0.2) is 8.42 Å². The number of benzene rings is 2. The lowest BCUT2D eigenvalue weighted by Crippen LogP contribution is -2.57. The van der Waals surface area contributed by atoms with E-state index in [2.05, 4.69) is 10.4 Å². The number of methoxy groups -OCH3 is 2. The number of nitrogens with zero attached hydrogens (tertiary/aromatic N) is 3. The molecule has 3 aromatic rings. The number of nitrogens with one attached hydrogen (secondary N) is 1. The van der Waals surface area contributed by atoms with Crippen LogP contribution < -0.4 is 14.8 Å². The summed E-state index contributed by atoms with van der Waals surface area (Å²) in [6.07, 6.45) is 0. The van der Waals surface area contributed by atoms with Gasteiger partial charge in [-0.1, -0.05) is 24.3 Å². The van der Waals surface area contributed by atoms with Crippen molar-refractivity contribution in [1.29, 1.82) is 0 Å². The largest absolute Gasteiger partial charge is 0.497 e. The molecule has 0 aliphatic carbocycles. The van der Waals surface area contributed by atoms with Crippen molar-refractivity contribution in [3.05, 3.63) is 71.4 Å². The molecule has 1 aliphatic heterocycles. The topological polar surface area (TPSA) is 106 Å². The van der Waals surface area contributed by atoms with Crippen molar-refractivity contribution in [2.45, 2.75) is 23.7 Å². The fourth-order valence-electron chi connectivity index (χ4n) is 3.77. The second-order valence-corrected chi connectivity index (χ2v) is 9.98. The van der Waals surface area contributed by atoms with Gasteiger partial charge in [-0.3, -0.25) is 4.68 Å². The summed E-state index contributed by atoms with van der Waals surface area (Å²) in [5.74, 6) is 1.39. The Bertz CT molecular complexity index is 1150. The molecule has 2 aromatic carbocycles. The number of sulfonamides is 1. The molecule has 0 radical (unpaired) electrons. The quantitative estimate of drug-likeness (QED) is 0.487. The number of aromatic nitrogens is 2. The van der Waals surface area contributed by atoms with Crippen molar-refractivity contribution in [1.82, 2.24) is 19.4 Å².